The molecular weight excluding hydrogens is 350 g/mol. The Morgan fingerprint density at radius 2 is 2.26 bits per heavy atom. The first-order valence-corrected chi connectivity index (χ1v) is 9.09. The van der Waals surface area contributed by atoms with Crippen molar-refractivity contribution in [1.29, 1.82) is 0 Å². The Morgan fingerprint density at radius 1 is 1.48 bits per heavy atom. The smallest absolute Gasteiger partial charge is 0.341 e. The number of carbonyl (C=O) groups is 1. The zero-order valence-corrected chi connectivity index (χ0v) is 13.3. The molecule has 7 nitrogen and oxygen atoms in total. The molecule has 11 heteroatoms. The summed E-state index contributed by atoms with van der Waals surface area (Å²) >= 11 is 0.818. The highest BCUT2D eigenvalue weighted by Crippen LogP contribution is 2.27. The summed E-state index contributed by atoms with van der Waals surface area (Å²) in [5, 5.41) is 8.00. The van der Waals surface area contributed by atoms with E-state index in [1.807, 2.05) is 0 Å². The molecule has 0 aliphatic carbocycles. The standard InChI is InChI=1S/C12H12F2N4O3S2/c13-12(14)23(20,21)8-3-4-22-10(8)11(19)17-7-1-2-9-15-6-16-18(9)5-7/h3-4,6-7,12H,1-2,5H2,(H,17,19)/t7-/m1/s1. The van der Waals surface area contributed by atoms with Crippen LogP contribution in [0.3, 0.4) is 0 Å². The van der Waals surface area contributed by atoms with Gasteiger partial charge in [-0.15, -0.1) is 11.3 Å². The molecule has 0 spiro atoms. The summed E-state index contributed by atoms with van der Waals surface area (Å²) in [5.74, 6) is -3.42. The minimum absolute atomic E-state index is 0.227. The highest BCUT2D eigenvalue weighted by molar-refractivity contribution is 7.92. The number of nitrogens with one attached hydrogen (secondary N) is 1. The van der Waals surface area contributed by atoms with Gasteiger partial charge in [0.05, 0.1) is 11.4 Å². The van der Waals surface area contributed by atoms with E-state index in [9.17, 15) is 22.0 Å². The zero-order chi connectivity index (χ0) is 16.6. The summed E-state index contributed by atoms with van der Waals surface area (Å²) in [4.78, 5) is 15.5. The monoisotopic (exact) mass is 362 g/mol. The SMILES string of the molecule is O=C(N[C@@H]1CCc2ncnn2C1)c1sccc1S(=O)(=O)C(F)F. The second kappa shape index (κ2) is 5.96. The van der Waals surface area contributed by atoms with E-state index in [0.717, 1.165) is 23.2 Å². The molecule has 23 heavy (non-hydrogen) atoms. The van der Waals surface area contributed by atoms with Crippen LogP contribution in [0.4, 0.5) is 8.78 Å². The number of aryl methyl sites for hydroxylation is 1. The number of fused-ring (bicyclic) bond motifs is 1. The van der Waals surface area contributed by atoms with Crippen molar-refractivity contribution in [3.05, 3.63) is 28.5 Å². The van der Waals surface area contributed by atoms with Gasteiger partial charge in [0.2, 0.25) is 9.84 Å². The topological polar surface area (TPSA) is 93.9 Å². The van der Waals surface area contributed by atoms with E-state index in [0.29, 0.717) is 19.4 Å². The van der Waals surface area contributed by atoms with E-state index in [1.54, 1.807) is 4.68 Å². The fourth-order valence-corrected chi connectivity index (χ4v) is 4.46. The van der Waals surface area contributed by atoms with Crippen molar-refractivity contribution in [3.8, 4) is 0 Å². The molecule has 1 amide bonds. The average molecular weight is 362 g/mol. The molecule has 0 saturated carbocycles. The van der Waals surface area contributed by atoms with Gasteiger partial charge in [-0.1, -0.05) is 0 Å². The molecule has 0 aromatic carbocycles. The lowest BCUT2D eigenvalue weighted by molar-refractivity contribution is 0.0927. The van der Waals surface area contributed by atoms with Crippen molar-refractivity contribution in [2.24, 2.45) is 0 Å². The van der Waals surface area contributed by atoms with E-state index in [-0.39, 0.29) is 10.9 Å². The van der Waals surface area contributed by atoms with Gasteiger partial charge in [0.1, 0.15) is 17.0 Å². The molecule has 3 heterocycles. The predicted molar refractivity (Wildman–Crippen MR) is 77.1 cm³/mol. The highest BCUT2D eigenvalue weighted by atomic mass is 32.2. The fourth-order valence-electron chi connectivity index (χ4n) is 2.39. The Bertz CT molecular complexity index is 831. The lowest BCUT2D eigenvalue weighted by Gasteiger charge is -2.23. The summed E-state index contributed by atoms with van der Waals surface area (Å²) in [5.41, 5.74) is 0. The van der Waals surface area contributed by atoms with Crippen molar-refractivity contribution in [2.45, 2.75) is 36.1 Å². The minimum Gasteiger partial charge on any atom is -0.347 e. The second-order valence-corrected chi connectivity index (χ2v) is 7.79. The number of thiophene rings is 1. The normalized spacial score (nSPS) is 18.0. The van der Waals surface area contributed by atoms with Crippen molar-refractivity contribution in [3.63, 3.8) is 0 Å². The molecule has 3 rings (SSSR count). The van der Waals surface area contributed by atoms with Crippen LogP contribution in [-0.4, -0.2) is 40.9 Å². The number of amides is 1. The molecule has 0 saturated heterocycles. The Balaban J connectivity index is 1.77. The molecule has 2 aromatic rings. The molecule has 1 atom stereocenters. The number of halogens is 2. The first-order valence-electron chi connectivity index (χ1n) is 6.66. The molecule has 0 fully saturated rings. The highest BCUT2D eigenvalue weighted by Gasteiger charge is 2.33. The molecule has 1 aliphatic heterocycles. The lowest BCUT2D eigenvalue weighted by Crippen LogP contribution is -2.41. The summed E-state index contributed by atoms with van der Waals surface area (Å²) in [7, 11) is -4.80. The molecule has 124 valence electrons. The van der Waals surface area contributed by atoms with Gasteiger partial charge in [-0.05, 0) is 17.9 Å². The van der Waals surface area contributed by atoms with E-state index < -0.39 is 26.4 Å². The van der Waals surface area contributed by atoms with Crippen LogP contribution in [0.2, 0.25) is 0 Å². The van der Waals surface area contributed by atoms with Gasteiger partial charge < -0.3 is 5.32 Å². The van der Waals surface area contributed by atoms with Gasteiger partial charge in [-0.2, -0.15) is 13.9 Å². The third kappa shape index (κ3) is 2.98. The molecular formula is C12H12F2N4O3S2. The number of carbonyl (C=O) groups excluding carboxylic acids is 1. The number of alkyl halides is 2. The Hall–Kier alpha value is -1.88. The summed E-state index contributed by atoms with van der Waals surface area (Å²) in [6.45, 7) is 0.406. The molecule has 0 radical (unpaired) electrons. The quantitative estimate of drug-likeness (QED) is 0.878. The first kappa shape index (κ1) is 16.0. The third-order valence-corrected chi connectivity index (χ3v) is 5.98. The molecule has 0 bridgehead atoms. The Labute approximate surface area is 134 Å². The van der Waals surface area contributed by atoms with Crippen LogP contribution in [0, 0.1) is 0 Å². The lowest BCUT2D eigenvalue weighted by atomic mass is 10.1. The zero-order valence-electron chi connectivity index (χ0n) is 11.6. The Morgan fingerprint density at radius 3 is 3.00 bits per heavy atom. The van der Waals surface area contributed by atoms with E-state index in [4.69, 9.17) is 0 Å². The molecule has 2 aromatic heterocycles. The number of hydrogen-bond acceptors (Lipinski definition) is 6. The van der Waals surface area contributed by atoms with Crippen molar-refractivity contribution >= 4 is 27.1 Å². The van der Waals surface area contributed by atoms with Crippen LogP contribution >= 0.6 is 11.3 Å². The van der Waals surface area contributed by atoms with Crippen LogP contribution in [0.1, 0.15) is 21.9 Å². The van der Waals surface area contributed by atoms with E-state index in [1.165, 1.54) is 11.7 Å². The van der Waals surface area contributed by atoms with Crippen LogP contribution < -0.4 is 5.32 Å². The number of rotatable bonds is 4. The van der Waals surface area contributed by atoms with Gasteiger partial charge in [0, 0.05) is 12.5 Å². The van der Waals surface area contributed by atoms with Crippen molar-refractivity contribution in [2.75, 3.05) is 0 Å². The maximum absolute atomic E-state index is 12.7. The fraction of sp³-hybridized carbons (Fsp3) is 0.417. The van der Waals surface area contributed by atoms with E-state index in [2.05, 4.69) is 15.4 Å². The Kier molecular flexibility index (Phi) is 4.15. The first-order chi connectivity index (χ1) is 10.9. The predicted octanol–water partition coefficient (Wildman–Crippen LogP) is 1.08. The maximum Gasteiger partial charge on any atom is 0.341 e. The molecule has 1 N–H and O–H groups in total. The number of hydrogen-bond donors (Lipinski definition) is 1. The number of sulfone groups is 1. The van der Waals surface area contributed by atoms with Crippen LogP contribution in [0.15, 0.2) is 22.7 Å². The van der Waals surface area contributed by atoms with Gasteiger partial charge in [-0.25, -0.2) is 18.1 Å². The largest absolute Gasteiger partial charge is 0.347 e. The summed E-state index contributed by atoms with van der Waals surface area (Å²) in [6, 6.07) is 0.762. The van der Waals surface area contributed by atoms with Gasteiger partial charge in [0.25, 0.3) is 5.91 Å². The molecule has 1 aliphatic rings. The van der Waals surface area contributed by atoms with E-state index >= 15 is 0 Å². The molecule has 0 unspecified atom stereocenters. The number of nitrogens with zero attached hydrogens (tertiary/aromatic N) is 3. The van der Waals surface area contributed by atoms with Crippen LogP contribution in [0.25, 0.3) is 0 Å². The number of aromatic nitrogens is 3. The summed E-state index contributed by atoms with van der Waals surface area (Å²) in [6.07, 6.45) is 2.66. The third-order valence-electron chi connectivity index (χ3n) is 3.52. The van der Waals surface area contributed by atoms with Crippen molar-refractivity contribution in [1.82, 2.24) is 20.1 Å². The minimum atomic E-state index is -4.80. The van der Waals surface area contributed by atoms with Crippen LogP contribution in [0.5, 0.6) is 0 Å². The van der Waals surface area contributed by atoms with Gasteiger partial charge in [0.15, 0.2) is 0 Å². The van der Waals surface area contributed by atoms with Crippen LogP contribution in [-0.2, 0) is 22.8 Å². The maximum atomic E-state index is 12.7. The summed E-state index contributed by atoms with van der Waals surface area (Å²) < 4.78 is 50.2. The van der Waals surface area contributed by atoms with Gasteiger partial charge >= 0.3 is 5.76 Å². The van der Waals surface area contributed by atoms with Crippen molar-refractivity contribution < 1.29 is 22.0 Å². The second-order valence-electron chi connectivity index (χ2n) is 4.99. The average Bonchev–Trinajstić information content (AvgIpc) is 3.15. The van der Waals surface area contributed by atoms with Gasteiger partial charge in [-0.3, -0.25) is 4.79 Å².